The fourth-order valence-electron chi connectivity index (χ4n) is 3.88. The molecular weight excluding hydrogens is 406 g/mol. The number of nitrogens with one attached hydrogen (secondary N) is 1. The van der Waals surface area contributed by atoms with Gasteiger partial charge in [-0.05, 0) is 50.8 Å². The molecule has 1 N–H and O–H groups in total. The Labute approximate surface area is 176 Å². The molecule has 4 rings (SSSR count). The van der Waals surface area contributed by atoms with Gasteiger partial charge in [0.25, 0.3) is 5.56 Å². The van der Waals surface area contributed by atoms with Crippen molar-refractivity contribution in [1.82, 2.24) is 14.9 Å². The maximum absolute atomic E-state index is 13.4. The average Bonchev–Trinajstić information content (AvgIpc) is 3.36. The van der Waals surface area contributed by atoms with Gasteiger partial charge < -0.3 is 14.5 Å². The Morgan fingerprint density at radius 1 is 1.43 bits per heavy atom. The summed E-state index contributed by atoms with van der Waals surface area (Å²) < 4.78 is 11.8. The van der Waals surface area contributed by atoms with E-state index in [1.807, 2.05) is 0 Å². The predicted octanol–water partition coefficient (Wildman–Crippen LogP) is 2.66. The molecule has 1 aliphatic rings. The molecule has 9 heteroatoms. The highest BCUT2D eigenvalue weighted by molar-refractivity contribution is 7.18. The summed E-state index contributed by atoms with van der Waals surface area (Å²) in [6.45, 7) is 3.87. The number of ether oxygens (including phenoxy) is 1. The number of aromatic nitrogens is 2. The number of amides is 1. The average molecular weight is 429 g/mol. The van der Waals surface area contributed by atoms with Crippen LogP contribution >= 0.6 is 11.3 Å². The molecule has 30 heavy (non-hydrogen) atoms. The van der Waals surface area contributed by atoms with E-state index < -0.39 is 5.92 Å². The second-order valence-electron chi connectivity index (χ2n) is 7.22. The summed E-state index contributed by atoms with van der Waals surface area (Å²) in [5.74, 6) is 0.0163. The van der Waals surface area contributed by atoms with Crippen molar-refractivity contribution in [3.63, 3.8) is 0 Å². The molecular formula is C21H23N3O5S. The van der Waals surface area contributed by atoms with Crippen LogP contribution in [0.25, 0.3) is 10.2 Å². The summed E-state index contributed by atoms with van der Waals surface area (Å²) in [5, 5.41) is 3.19. The van der Waals surface area contributed by atoms with Crippen LogP contribution in [0.2, 0.25) is 0 Å². The fraction of sp³-hybridized carbons (Fsp3) is 0.429. The Kier molecular flexibility index (Phi) is 5.72. The Morgan fingerprint density at radius 3 is 3.00 bits per heavy atom. The van der Waals surface area contributed by atoms with Crippen molar-refractivity contribution in [2.24, 2.45) is 0 Å². The lowest BCUT2D eigenvalue weighted by atomic mass is 9.86. The minimum atomic E-state index is -0.458. The van der Waals surface area contributed by atoms with Crippen LogP contribution in [0.5, 0.6) is 0 Å². The fourth-order valence-corrected chi connectivity index (χ4v) is 5.19. The number of esters is 1. The van der Waals surface area contributed by atoms with Crippen molar-refractivity contribution in [1.29, 1.82) is 0 Å². The highest BCUT2D eigenvalue weighted by atomic mass is 32.1. The zero-order chi connectivity index (χ0) is 21.3. The van der Waals surface area contributed by atoms with E-state index >= 15 is 0 Å². The maximum atomic E-state index is 13.4. The van der Waals surface area contributed by atoms with Crippen LogP contribution in [0.1, 0.15) is 47.7 Å². The van der Waals surface area contributed by atoms with Crippen LogP contribution in [0, 0.1) is 6.92 Å². The molecule has 1 atom stereocenters. The van der Waals surface area contributed by atoms with Crippen LogP contribution in [-0.2, 0) is 33.8 Å². The Bertz CT molecular complexity index is 1150. The van der Waals surface area contributed by atoms with E-state index in [1.165, 1.54) is 22.2 Å². The summed E-state index contributed by atoms with van der Waals surface area (Å²) in [5.41, 5.74) is 0.446. The lowest BCUT2D eigenvalue weighted by molar-refractivity contribution is -0.145. The van der Waals surface area contributed by atoms with Gasteiger partial charge >= 0.3 is 5.97 Å². The third-order valence-electron chi connectivity index (χ3n) is 5.27. The lowest BCUT2D eigenvalue weighted by Gasteiger charge is -2.21. The number of furan rings is 1. The molecule has 0 bridgehead atoms. The first kappa shape index (κ1) is 20.3. The first-order valence-corrected chi connectivity index (χ1v) is 10.8. The van der Waals surface area contributed by atoms with Gasteiger partial charge in [0.05, 0.1) is 30.7 Å². The summed E-state index contributed by atoms with van der Waals surface area (Å²) >= 11 is 1.46. The molecule has 3 aromatic heterocycles. The third kappa shape index (κ3) is 3.77. The molecule has 0 aliphatic heterocycles. The highest BCUT2D eigenvalue weighted by Crippen LogP contribution is 2.41. The minimum absolute atomic E-state index is 0.150. The molecule has 0 saturated heterocycles. The SMILES string of the molecule is CCOC(=O)C1CCCc2sc3nc(C)n(CC(=O)NCc4ccco4)c(=O)c3c21. The standard InChI is InChI=1S/C21H23N3O5S/c1-3-28-21(27)14-7-4-8-15-17(14)18-19(30-15)23-12(2)24(20(18)26)11-16(25)22-10-13-6-5-9-29-13/h5-6,9,14H,3-4,7-8,10-11H2,1-2H3,(H,22,25). The number of fused-ring (bicyclic) bond motifs is 3. The number of thiophene rings is 1. The molecule has 158 valence electrons. The number of carbonyl (C=O) groups excluding carboxylic acids is 2. The van der Waals surface area contributed by atoms with Gasteiger partial charge in [0.2, 0.25) is 5.91 Å². The number of hydrogen-bond donors (Lipinski definition) is 1. The molecule has 1 amide bonds. The largest absolute Gasteiger partial charge is 0.467 e. The summed E-state index contributed by atoms with van der Waals surface area (Å²) in [4.78, 5) is 44.5. The monoisotopic (exact) mass is 429 g/mol. The van der Waals surface area contributed by atoms with Gasteiger partial charge in [0.15, 0.2) is 0 Å². The maximum Gasteiger partial charge on any atom is 0.313 e. The number of nitrogens with zero attached hydrogens (tertiary/aromatic N) is 2. The minimum Gasteiger partial charge on any atom is -0.467 e. The summed E-state index contributed by atoms with van der Waals surface area (Å²) in [7, 11) is 0. The van der Waals surface area contributed by atoms with Crippen LogP contribution in [0.3, 0.4) is 0 Å². The molecule has 0 radical (unpaired) electrons. The molecule has 0 aromatic carbocycles. The van der Waals surface area contributed by atoms with Crippen molar-refractivity contribution < 1.29 is 18.7 Å². The molecule has 0 spiro atoms. The van der Waals surface area contributed by atoms with E-state index in [2.05, 4.69) is 10.3 Å². The molecule has 1 aliphatic carbocycles. The third-order valence-corrected chi connectivity index (χ3v) is 6.43. The normalized spacial score (nSPS) is 15.7. The molecule has 8 nitrogen and oxygen atoms in total. The van der Waals surface area contributed by atoms with Crippen LogP contribution in [0.15, 0.2) is 27.6 Å². The van der Waals surface area contributed by atoms with Crippen LogP contribution < -0.4 is 10.9 Å². The van der Waals surface area contributed by atoms with Gasteiger partial charge in [0.1, 0.15) is 23.0 Å². The van der Waals surface area contributed by atoms with Crippen molar-refractivity contribution >= 4 is 33.4 Å². The first-order chi connectivity index (χ1) is 14.5. The molecule has 1 unspecified atom stereocenters. The first-order valence-electron chi connectivity index (χ1n) is 9.98. The summed E-state index contributed by atoms with van der Waals surface area (Å²) in [6.07, 6.45) is 3.86. The zero-order valence-electron chi connectivity index (χ0n) is 16.9. The van der Waals surface area contributed by atoms with E-state index in [9.17, 15) is 14.4 Å². The number of rotatable bonds is 6. The van der Waals surface area contributed by atoms with Crippen molar-refractivity contribution in [2.75, 3.05) is 6.61 Å². The Morgan fingerprint density at radius 2 is 2.27 bits per heavy atom. The zero-order valence-corrected chi connectivity index (χ0v) is 17.7. The van der Waals surface area contributed by atoms with Crippen LogP contribution in [-0.4, -0.2) is 28.0 Å². The van der Waals surface area contributed by atoms with Gasteiger partial charge in [-0.15, -0.1) is 11.3 Å². The van der Waals surface area contributed by atoms with Gasteiger partial charge in [-0.2, -0.15) is 0 Å². The Hall–Kier alpha value is -2.94. The molecule has 0 fully saturated rings. The van der Waals surface area contributed by atoms with Gasteiger partial charge in [-0.3, -0.25) is 19.0 Å². The lowest BCUT2D eigenvalue weighted by Crippen LogP contribution is -2.34. The number of hydrogen-bond acceptors (Lipinski definition) is 7. The molecule has 3 heterocycles. The van der Waals surface area contributed by atoms with E-state index in [0.717, 1.165) is 23.3 Å². The number of aryl methyl sites for hydroxylation is 2. The Balaban J connectivity index is 1.68. The highest BCUT2D eigenvalue weighted by Gasteiger charge is 2.33. The topological polar surface area (TPSA) is 103 Å². The van der Waals surface area contributed by atoms with Crippen LogP contribution in [0.4, 0.5) is 0 Å². The number of carbonyl (C=O) groups is 2. The van der Waals surface area contributed by atoms with E-state index in [-0.39, 0.29) is 30.5 Å². The summed E-state index contributed by atoms with van der Waals surface area (Å²) in [6, 6.07) is 3.51. The van der Waals surface area contributed by atoms with Gasteiger partial charge in [-0.25, -0.2) is 4.98 Å². The van der Waals surface area contributed by atoms with E-state index in [4.69, 9.17) is 9.15 Å². The quantitative estimate of drug-likeness (QED) is 0.604. The smallest absolute Gasteiger partial charge is 0.313 e. The van der Waals surface area contributed by atoms with Crippen molar-refractivity contribution in [2.45, 2.75) is 52.1 Å². The second kappa shape index (κ2) is 8.43. The van der Waals surface area contributed by atoms with E-state index in [0.29, 0.717) is 34.8 Å². The molecule has 0 saturated carbocycles. The van der Waals surface area contributed by atoms with Crippen molar-refractivity contribution in [3.05, 3.63) is 50.8 Å². The van der Waals surface area contributed by atoms with Crippen molar-refractivity contribution in [3.8, 4) is 0 Å². The van der Waals surface area contributed by atoms with Gasteiger partial charge in [0, 0.05) is 4.88 Å². The second-order valence-corrected chi connectivity index (χ2v) is 8.31. The predicted molar refractivity (Wildman–Crippen MR) is 111 cm³/mol. The molecule has 3 aromatic rings. The van der Waals surface area contributed by atoms with E-state index in [1.54, 1.807) is 26.0 Å². The van der Waals surface area contributed by atoms with Gasteiger partial charge in [-0.1, -0.05) is 0 Å².